The number of aromatic nitrogens is 3. The minimum Gasteiger partial charge on any atom is -0.334 e. The van der Waals surface area contributed by atoms with Crippen molar-refractivity contribution in [1.82, 2.24) is 20.1 Å². The number of benzene rings is 1. The van der Waals surface area contributed by atoms with Gasteiger partial charge < -0.3 is 5.32 Å². The fraction of sp³-hybridized carbons (Fsp3) is 0.464. The molecule has 198 valence electrons. The first kappa shape index (κ1) is 26.9. The summed E-state index contributed by atoms with van der Waals surface area (Å²) in [7, 11) is -1.31. The van der Waals surface area contributed by atoms with Crippen molar-refractivity contribution >= 4 is 21.6 Å². The molecule has 1 N–H and O–H groups in total. The first-order valence-corrected chi connectivity index (χ1v) is 14.7. The van der Waals surface area contributed by atoms with Crippen LogP contribution in [0.3, 0.4) is 0 Å². The third kappa shape index (κ3) is 6.04. The van der Waals surface area contributed by atoms with E-state index >= 15 is 0 Å². The quantitative estimate of drug-likeness (QED) is 0.501. The molecule has 3 aromatic rings. The van der Waals surface area contributed by atoms with Gasteiger partial charge in [0.15, 0.2) is 9.84 Å². The highest BCUT2D eigenvalue weighted by Gasteiger charge is 2.22. The molecule has 3 heterocycles. The van der Waals surface area contributed by atoms with Crippen LogP contribution in [0.25, 0.3) is 11.3 Å². The Hall–Kier alpha value is -3.20. The van der Waals surface area contributed by atoms with E-state index in [1.165, 1.54) is 0 Å². The molecule has 0 saturated carbocycles. The van der Waals surface area contributed by atoms with Crippen LogP contribution < -0.4 is 10.2 Å². The normalized spacial score (nSPS) is 14.8. The van der Waals surface area contributed by atoms with Crippen LogP contribution in [0.4, 0.5) is 10.5 Å². The third-order valence-electron chi connectivity index (χ3n) is 7.15. The zero-order chi connectivity index (χ0) is 26.6. The Morgan fingerprint density at radius 3 is 2.38 bits per heavy atom. The molecule has 0 spiro atoms. The van der Waals surface area contributed by atoms with Crippen LogP contribution in [-0.2, 0) is 29.9 Å². The second-order valence-electron chi connectivity index (χ2n) is 9.71. The van der Waals surface area contributed by atoms with E-state index in [0.29, 0.717) is 18.0 Å². The van der Waals surface area contributed by atoms with Gasteiger partial charge in [0.25, 0.3) is 0 Å². The first-order chi connectivity index (χ1) is 17.7. The zero-order valence-corrected chi connectivity index (χ0v) is 23.1. The van der Waals surface area contributed by atoms with Crippen molar-refractivity contribution in [1.29, 1.82) is 0 Å². The van der Waals surface area contributed by atoms with Gasteiger partial charge in [-0.3, -0.25) is 14.6 Å². The number of urea groups is 1. The summed E-state index contributed by atoms with van der Waals surface area (Å²) in [5.74, 6) is 0.0626. The van der Waals surface area contributed by atoms with E-state index in [0.717, 1.165) is 78.1 Å². The Balaban J connectivity index is 1.58. The third-order valence-corrected chi connectivity index (χ3v) is 8.90. The number of hydrogen-bond donors (Lipinski definition) is 1. The number of fused-ring (bicyclic) bond motifs is 1. The van der Waals surface area contributed by atoms with E-state index < -0.39 is 9.84 Å². The van der Waals surface area contributed by atoms with Gasteiger partial charge in [-0.05, 0) is 62.9 Å². The van der Waals surface area contributed by atoms with Gasteiger partial charge in [-0.1, -0.05) is 38.3 Å². The van der Waals surface area contributed by atoms with Crippen molar-refractivity contribution in [3.8, 4) is 11.3 Å². The Bertz CT molecular complexity index is 1360. The summed E-state index contributed by atoms with van der Waals surface area (Å²) >= 11 is 0. The van der Waals surface area contributed by atoms with Crippen molar-refractivity contribution < 1.29 is 13.2 Å². The predicted octanol–water partition coefficient (Wildman–Crippen LogP) is 5.12. The van der Waals surface area contributed by atoms with E-state index in [9.17, 15) is 13.2 Å². The van der Waals surface area contributed by atoms with Gasteiger partial charge >= 0.3 is 6.03 Å². The maximum Gasteiger partial charge on any atom is 0.322 e. The molecule has 0 atom stereocenters. The molecular formula is C28H37N5O3S. The van der Waals surface area contributed by atoms with E-state index in [4.69, 9.17) is 4.98 Å². The van der Waals surface area contributed by atoms with Gasteiger partial charge in [0, 0.05) is 31.4 Å². The number of aryl methyl sites for hydroxylation is 3. The monoisotopic (exact) mass is 523 g/mol. The molecule has 2 aromatic heterocycles. The molecule has 0 unspecified atom stereocenters. The number of nitrogens with one attached hydrogen (secondary N) is 1. The second-order valence-corrected chi connectivity index (χ2v) is 12.0. The molecule has 0 bridgehead atoms. The molecule has 8 nitrogen and oxygen atoms in total. The van der Waals surface area contributed by atoms with E-state index in [2.05, 4.69) is 10.4 Å². The summed E-state index contributed by atoms with van der Waals surface area (Å²) < 4.78 is 26.0. The maximum absolute atomic E-state index is 13.4. The molecular weight excluding hydrogens is 486 g/mol. The number of pyridine rings is 1. The lowest BCUT2D eigenvalue weighted by Crippen LogP contribution is -2.41. The van der Waals surface area contributed by atoms with Gasteiger partial charge in [0.2, 0.25) is 0 Å². The van der Waals surface area contributed by atoms with Crippen molar-refractivity contribution in [2.75, 3.05) is 17.2 Å². The predicted molar refractivity (Wildman–Crippen MR) is 146 cm³/mol. The van der Waals surface area contributed by atoms with Gasteiger partial charge in [-0.25, -0.2) is 13.2 Å². The van der Waals surface area contributed by atoms with Gasteiger partial charge in [-0.2, -0.15) is 5.10 Å². The van der Waals surface area contributed by atoms with E-state index in [1.54, 1.807) is 31.2 Å². The average Bonchev–Trinajstić information content (AvgIpc) is 3.15. The number of sulfone groups is 1. The molecule has 1 aromatic carbocycles. The molecule has 0 fully saturated rings. The maximum atomic E-state index is 13.4. The molecule has 1 aliphatic rings. The van der Waals surface area contributed by atoms with Crippen molar-refractivity contribution in [3.63, 3.8) is 0 Å². The van der Waals surface area contributed by atoms with Crippen molar-refractivity contribution in [2.45, 2.75) is 70.7 Å². The number of nitrogens with zero attached hydrogens (tertiary/aromatic N) is 4. The Morgan fingerprint density at radius 1 is 1.00 bits per heavy atom. The number of carbonyl (C=O) groups is 1. The second kappa shape index (κ2) is 11.5. The lowest BCUT2D eigenvalue weighted by atomic mass is 10.0. The molecule has 0 radical (unpaired) electrons. The number of anilines is 1. The number of rotatable bonds is 5. The summed E-state index contributed by atoms with van der Waals surface area (Å²) in [6.45, 7) is 6.62. The van der Waals surface area contributed by atoms with Crippen LogP contribution in [0.1, 0.15) is 61.7 Å². The molecule has 9 heteroatoms. The highest BCUT2D eigenvalue weighted by Crippen LogP contribution is 2.30. The fourth-order valence-corrected chi connectivity index (χ4v) is 5.77. The Labute approximate surface area is 220 Å². The van der Waals surface area contributed by atoms with Gasteiger partial charge in [-0.15, -0.1) is 0 Å². The first-order valence-electron chi connectivity index (χ1n) is 13.1. The fourth-order valence-electron chi connectivity index (χ4n) is 4.89. The van der Waals surface area contributed by atoms with Gasteiger partial charge in [0.1, 0.15) is 0 Å². The van der Waals surface area contributed by atoms with Gasteiger partial charge in [0.05, 0.1) is 33.4 Å². The van der Waals surface area contributed by atoms with Crippen LogP contribution in [0.15, 0.2) is 41.3 Å². The van der Waals surface area contributed by atoms with Crippen LogP contribution in [0.2, 0.25) is 0 Å². The molecule has 1 aliphatic heterocycles. The van der Waals surface area contributed by atoms with Crippen LogP contribution >= 0.6 is 0 Å². The van der Waals surface area contributed by atoms with E-state index in [1.807, 2.05) is 42.6 Å². The summed E-state index contributed by atoms with van der Waals surface area (Å²) in [5, 5.41) is 7.58. The molecule has 37 heavy (non-hydrogen) atoms. The molecule has 0 aliphatic carbocycles. The average molecular weight is 524 g/mol. The molecule has 4 rings (SSSR count). The smallest absolute Gasteiger partial charge is 0.322 e. The minimum atomic E-state index is -3.25. The standard InChI is InChI=1S/C28H37N5O3S/c1-5-37(35,36)23-14-12-22(13-15-23)19-29-28(34)33-18-10-8-6-7-9-11-24-26(33)17-16-25(30-24)27-20(2)31-32(4)21(27)3/h12-17H,5-11,18-19H2,1-4H3,(H,29,34). The van der Waals surface area contributed by atoms with E-state index in [-0.39, 0.29) is 11.8 Å². The lowest BCUT2D eigenvalue weighted by Gasteiger charge is -2.26. The summed E-state index contributed by atoms with van der Waals surface area (Å²) in [4.78, 5) is 20.6. The highest BCUT2D eigenvalue weighted by atomic mass is 32.2. The Morgan fingerprint density at radius 2 is 1.70 bits per heavy atom. The zero-order valence-electron chi connectivity index (χ0n) is 22.2. The van der Waals surface area contributed by atoms with Crippen LogP contribution in [-0.4, -0.2) is 41.5 Å². The molecule has 2 amide bonds. The SMILES string of the molecule is CCS(=O)(=O)c1ccc(CNC(=O)N2CCCCCCCc3nc(-c4c(C)nn(C)c4C)ccc32)cc1. The summed E-state index contributed by atoms with van der Waals surface area (Å²) in [5.41, 5.74) is 6.59. The number of hydrogen-bond acceptors (Lipinski definition) is 5. The van der Waals surface area contributed by atoms with Crippen molar-refractivity contribution in [3.05, 3.63) is 59.0 Å². The summed E-state index contributed by atoms with van der Waals surface area (Å²) in [6, 6.07) is 10.6. The van der Waals surface area contributed by atoms with Crippen LogP contribution in [0, 0.1) is 13.8 Å². The lowest BCUT2D eigenvalue weighted by molar-refractivity contribution is 0.245. The largest absolute Gasteiger partial charge is 0.334 e. The summed E-state index contributed by atoms with van der Waals surface area (Å²) in [6.07, 6.45) is 6.19. The Kier molecular flexibility index (Phi) is 8.32. The number of carbonyl (C=O) groups excluding carboxylic acids is 1. The van der Waals surface area contributed by atoms with Crippen LogP contribution in [0.5, 0.6) is 0 Å². The molecule has 0 saturated heterocycles. The number of amides is 2. The highest BCUT2D eigenvalue weighted by molar-refractivity contribution is 7.91. The van der Waals surface area contributed by atoms with Crippen molar-refractivity contribution in [2.24, 2.45) is 7.05 Å². The minimum absolute atomic E-state index is 0.0626. The topological polar surface area (TPSA) is 97.2 Å².